The molecule has 0 aromatic carbocycles. The van der Waals surface area contributed by atoms with E-state index in [9.17, 15) is 4.79 Å². The number of fused-ring (bicyclic) bond motifs is 1. The van der Waals surface area contributed by atoms with E-state index in [2.05, 4.69) is 27.7 Å². The summed E-state index contributed by atoms with van der Waals surface area (Å²) in [5.41, 5.74) is 0.897. The lowest BCUT2D eigenvalue weighted by Gasteiger charge is -2.59. The van der Waals surface area contributed by atoms with Crippen molar-refractivity contribution in [2.45, 2.75) is 66.2 Å². The molecule has 0 amide bonds. The number of carbonyl (C=O) groups is 1. The third-order valence-electron chi connectivity index (χ3n) is 6.07. The van der Waals surface area contributed by atoms with Gasteiger partial charge in [0, 0.05) is 6.42 Å². The first-order chi connectivity index (χ1) is 7.92. The maximum absolute atomic E-state index is 11.0. The SMILES string of the molecule is CC1CCC2C(C)(C)CCCC2(C)C1CC=O. The molecule has 98 valence electrons. The van der Waals surface area contributed by atoms with E-state index in [1.807, 2.05) is 0 Å². The van der Waals surface area contributed by atoms with Crippen molar-refractivity contribution in [3.8, 4) is 0 Å². The molecular weight excluding hydrogens is 208 g/mol. The Labute approximate surface area is 106 Å². The number of aldehydes is 1. The normalized spacial score (nSPS) is 45.1. The lowest BCUT2D eigenvalue weighted by molar-refractivity contribution is -0.120. The van der Waals surface area contributed by atoms with Crippen LogP contribution < -0.4 is 0 Å². The first-order valence-corrected chi connectivity index (χ1v) is 7.35. The van der Waals surface area contributed by atoms with E-state index in [0.717, 1.165) is 24.5 Å². The first kappa shape index (κ1) is 13.1. The zero-order valence-corrected chi connectivity index (χ0v) is 12.0. The van der Waals surface area contributed by atoms with E-state index in [4.69, 9.17) is 0 Å². The Hall–Kier alpha value is -0.330. The summed E-state index contributed by atoms with van der Waals surface area (Å²) >= 11 is 0. The number of hydrogen-bond donors (Lipinski definition) is 0. The van der Waals surface area contributed by atoms with Crippen molar-refractivity contribution in [3.05, 3.63) is 0 Å². The van der Waals surface area contributed by atoms with Gasteiger partial charge in [-0.3, -0.25) is 0 Å². The molecule has 0 heterocycles. The highest BCUT2D eigenvalue weighted by atomic mass is 16.1. The summed E-state index contributed by atoms with van der Waals surface area (Å²) in [6, 6.07) is 0. The highest BCUT2D eigenvalue weighted by Crippen LogP contribution is 2.61. The van der Waals surface area contributed by atoms with Crippen LogP contribution in [0.4, 0.5) is 0 Å². The van der Waals surface area contributed by atoms with Gasteiger partial charge in [0.05, 0.1) is 0 Å². The van der Waals surface area contributed by atoms with Crippen LogP contribution in [0, 0.1) is 28.6 Å². The summed E-state index contributed by atoms with van der Waals surface area (Å²) < 4.78 is 0. The van der Waals surface area contributed by atoms with Crippen molar-refractivity contribution in [1.29, 1.82) is 0 Å². The van der Waals surface area contributed by atoms with E-state index in [-0.39, 0.29) is 0 Å². The molecule has 2 rings (SSSR count). The average molecular weight is 236 g/mol. The van der Waals surface area contributed by atoms with Gasteiger partial charge in [-0.25, -0.2) is 0 Å². The maximum Gasteiger partial charge on any atom is 0.120 e. The van der Waals surface area contributed by atoms with Crippen LogP contribution in [-0.2, 0) is 4.79 Å². The third kappa shape index (κ3) is 2.06. The van der Waals surface area contributed by atoms with Gasteiger partial charge in [-0.05, 0) is 47.8 Å². The summed E-state index contributed by atoms with van der Waals surface area (Å²) in [6.45, 7) is 9.73. The highest BCUT2D eigenvalue weighted by Gasteiger charge is 2.53. The van der Waals surface area contributed by atoms with E-state index in [0.29, 0.717) is 16.7 Å². The third-order valence-corrected chi connectivity index (χ3v) is 6.07. The zero-order valence-electron chi connectivity index (χ0n) is 12.0. The van der Waals surface area contributed by atoms with Gasteiger partial charge in [0.15, 0.2) is 0 Å². The second-order valence-corrected chi connectivity index (χ2v) is 7.46. The first-order valence-electron chi connectivity index (χ1n) is 7.35. The van der Waals surface area contributed by atoms with Gasteiger partial charge in [-0.1, -0.05) is 40.5 Å². The molecular formula is C16H28O. The Morgan fingerprint density at radius 1 is 1.18 bits per heavy atom. The Balaban J connectivity index is 2.31. The fraction of sp³-hybridized carbons (Fsp3) is 0.938. The monoisotopic (exact) mass is 236 g/mol. The van der Waals surface area contributed by atoms with Crippen LogP contribution in [0.5, 0.6) is 0 Å². The summed E-state index contributed by atoms with van der Waals surface area (Å²) in [6.07, 6.45) is 8.70. The predicted molar refractivity (Wildman–Crippen MR) is 71.8 cm³/mol. The molecule has 0 radical (unpaired) electrons. The standard InChI is InChI=1S/C16H28O/c1-12-6-7-14-15(2,3)9-5-10-16(14,4)13(12)8-11-17/h11-14H,5-10H2,1-4H3. The quantitative estimate of drug-likeness (QED) is 0.647. The Morgan fingerprint density at radius 2 is 1.88 bits per heavy atom. The van der Waals surface area contributed by atoms with Crippen molar-refractivity contribution in [2.24, 2.45) is 28.6 Å². The van der Waals surface area contributed by atoms with Crippen LogP contribution in [-0.4, -0.2) is 6.29 Å². The predicted octanol–water partition coefficient (Wildman–Crippen LogP) is 4.45. The molecule has 2 aliphatic carbocycles. The summed E-state index contributed by atoms with van der Waals surface area (Å²) in [4.78, 5) is 11.0. The largest absolute Gasteiger partial charge is 0.303 e. The maximum atomic E-state index is 11.0. The second kappa shape index (κ2) is 4.40. The molecule has 1 heteroatoms. The van der Waals surface area contributed by atoms with Gasteiger partial charge >= 0.3 is 0 Å². The van der Waals surface area contributed by atoms with E-state index in [1.54, 1.807) is 0 Å². The molecule has 0 aromatic heterocycles. The Morgan fingerprint density at radius 3 is 2.53 bits per heavy atom. The van der Waals surface area contributed by atoms with Crippen LogP contribution >= 0.6 is 0 Å². The van der Waals surface area contributed by atoms with Gasteiger partial charge in [-0.15, -0.1) is 0 Å². The van der Waals surface area contributed by atoms with Crippen LogP contribution in [0.25, 0.3) is 0 Å². The van der Waals surface area contributed by atoms with Crippen molar-refractivity contribution in [2.75, 3.05) is 0 Å². The number of carbonyl (C=O) groups excluding carboxylic acids is 1. The van der Waals surface area contributed by atoms with Crippen LogP contribution in [0.1, 0.15) is 66.2 Å². The molecule has 4 unspecified atom stereocenters. The van der Waals surface area contributed by atoms with Crippen LogP contribution in [0.2, 0.25) is 0 Å². The fourth-order valence-electron chi connectivity index (χ4n) is 5.22. The minimum Gasteiger partial charge on any atom is -0.303 e. The highest BCUT2D eigenvalue weighted by molar-refractivity contribution is 5.50. The summed E-state index contributed by atoms with van der Waals surface area (Å²) in [5.74, 6) is 2.18. The molecule has 4 atom stereocenters. The summed E-state index contributed by atoms with van der Waals surface area (Å²) in [7, 11) is 0. The van der Waals surface area contributed by atoms with E-state index < -0.39 is 0 Å². The minimum absolute atomic E-state index is 0.417. The lowest BCUT2D eigenvalue weighted by Crippen LogP contribution is -2.51. The number of rotatable bonds is 2. The molecule has 0 saturated heterocycles. The molecule has 0 aromatic rings. The van der Waals surface area contributed by atoms with Gasteiger partial charge in [0.25, 0.3) is 0 Å². The topological polar surface area (TPSA) is 17.1 Å². The molecule has 2 aliphatic rings. The van der Waals surface area contributed by atoms with Gasteiger partial charge in [-0.2, -0.15) is 0 Å². The Kier molecular flexibility index (Phi) is 3.40. The molecule has 0 bridgehead atoms. The molecule has 2 fully saturated rings. The summed E-state index contributed by atoms with van der Waals surface area (Å²) in [5, 5.41) is 0. The van der Waals surface area contributed by atoms with Crippen molar-refractivity contribution in [3.63, 3.8) is 0 Å². The molecule has 17 heavy (non-hydrogen) atoms. The average Bonchev–Trinajstić information content (AvgIpc) is 2.22. The molecule has 0 spiro atoms. The van der Waals surface area contributed by atoms with Crippen LogP contribution in [0.3, 0.4) is 0 Å². The lowest BCUT2D eigenvalue weighted by atomic mass is 9.46. The molecule has 2 saturated carbocycles. The molecule has 0 aliphatic heterocycles. The zero-order chi connectivity index (χ0) is 12.7. The smallest absolute Gasteiger partial charge is 0.120 e. The van der Waals surface area contributed by atoms with Gasteiger partial charge < -0.3 is 4.79 Å². The molecule has 0 N–H and O–H groups in total. The fourth-order valence-corrected chi connectivity index (χ4v) is 5.22. The van der Waals surface area contributed by atoms with Crippen molar-refractivity contribution >= 4 is 6.29 Å². The second-order valence-electron chi connectivity index (χ2n) is 7.46. The van der Waals surface area contributed by atoms with E-state index >= 15 is 0 Å². The minimum atomic E-state index is 0.417. The number of hydrogen-bond acceptors (Lipinski definition) is 1. The molecule has 1 nitrogen and oxygen atoms in total. The van der Waals surface area contributed by atoms with Crippen molar-refractivity contribution < 1.29 is 4.79 Å². The van der Waals surface area contributed by atoms with Gasteiger partial charge in [0.1, 0.15) is 6.29 Å². The van der Waals surface area contributed by atoms with E-state index in [1.165, 1.54) is 32.1 Å². The van der Waals surface area contributed by atoms with Crippen LogP contribution in [0.15, 0.2) is 0 Å². The van der Waals surface area contributed by atoms with Gasteiger partial charge in [0.2, 0.25) is 0 Å². The van der Waals surface area contributed by atoms with Crippen molar-refractivity contribution in [1.82, 2.24) is 0 Å². The Bertz CT molecular complexity index is 294.